The molecule has 0 bridgehead atoms. The number of rotatable bonds is 4. The Kier molecular flexibility index (Phi) is 5.67. The van der Waals surface area contributed by atoms with E-state index in [2.05, 4.69) is 10.3 Å². The zero-order valence-corrected chi connectivity index (χ0v) is 10.8. The number of pyridine rings is 1. The van der Waals surface area contributed by atoms with E-state index >= 15 is 0 Å². The van der Waals surface area contributed by atoms with Crippen molar-refractivity contribution in [3.8, 4) is 0 Å². The molecule has 2 rings (SSSR count). The van der Waals surface area contributed by atoms with Crippen LogP contribution in [0.3, 0.4) is 0 Å². The first kappa shape index (κ1) is 14.2. The van der Waals surface area contributed by atoms with Gasteiger partial charge in [-0.3, -0.25) is 10.1 Å². The van der Waals surface area contributed by atoms with Gasteiger partial charge >= 0.3 is 0 Å². The van der Waals surface area contributed by atoms with Crippen LogP contribution in [0.25, 0.3) is 0 Å². The lowest BCUT2D eigenvalue weighted by atomic mass is 10.2. The third-order valence-corrected chi connectivity index (χ3v) is 3.74. The second-order valence-corrected chi connectivity index (χ2v) is 4.82. The average Bonchev–Trinajstić information content (AvgIpc) is 2.80. The SMILES string of the molecule is Cl.O=[N+]([O-])c1ccc(SCC2CCNC2)nc1. The fraction of sp³-hybridized carbons (Fsp3) is 0.500. The normalized spacial score (nSPS) is 18.7. The molecule has 1 atom stereocenters. The van der Waals surface area contributed by atoms with Gasteiger partial charge in [-0.25, -0.2) is 4.98 Å². The third-order valence-electron chi connectivity index (χ3n) is 2.56. The van der Waals surface area contributed by atoms with Crippen molar-refractivity contribution in [1.82, 2.24) is 10.3 Å². The number of aromatic nitrogens is 1. The lowest BCUT2D eigenvalue weighted by Gasteiger charge is -2.06. The summed E-state index contributed by atoms with van der Waals surface area (Å²) in [7, 11) is 0. The van der Waals surface area contributed by atoms with Crippen LogP contribution in [0.1, 0.15) is 6.42 Å². The molecule has 1 aliphatic rings. The zero-order chi connectivity index (χ0) is 11.4. The molecule has 0 saturated carbocycles. The predicted molar refractivity (Wildman–Crippen MR) is 69.8 cm³/mol. The maximum absolute atomic E-state index is 10.4. The summed E-state index contributed by atoms with van der Waals surface area (Å²) in [5, 5.41) is 14.6. The molecule has 0 amide bonds. The minimum atomic E-state index is -0.428. The van der Waals surface area contributed by atoms with E-state index in [1.165, 1.54) is 18.7 Å². The van der Waals surface area contributed by atoms with Crippen molar-refractivity contribution >= 4 is 29.9 Å². The molecule has 1 aromatic heterocycles. The first-order chi connectivity index (χ1) is 7.75. The Morgan fingerprint density at radius 1 is 1.59 bits per heavy atom. The van der Waals surface area contributed by atoms with Gasteiger partial charge in [0.05, 0.1) is 9.95 Å². The average molecular weight is 276 g/mol. The number of halogens is 1. The molecule has 1 aliphatic heterocycles. The molecule has 1 fully saturated rings. The van der Waals surface area contributed by atoms with Crippen LogP contribution < -0.4 is 5.32 Å². The van der Waals surface area contributed by atoms with E-state index in [1.54, 1.807) is 17.8 Å². The van der Waals surface area contributed by atoms with Crippen molar-refractivity contribution in [3.05, 3.63) is 28.4 Å². The standard InChI is InChI=1S/C10H13N3O2S.ClH/c14-13(15)9-1-2-10(12-6-9)16-7-8-3-4-11-5-8;/h1-2,6,8,11H,3-5,7H2;1H. The molecule has 0 radical (unpaired) electrons. The number of hydrogen-bond donors (Lipinski definition) is 1. The van der Waals surface area contributed by atoms with Crippen LogP contribution in [0.15, 0.2) is 23.4 Å². The van der Waals surface area contributed by atoms with Gasteiger partial charge in [0.25, 0.3) is 5.69 Å². The van der Waals surface area contributed by atoms with Crippen LogP contribution in [0.2, 0.25) is 0 Å². The van der Waals surface area contributed by atoms with Crippen molar-refractivity contribution in [2.24, 2.45) is 5.92 Å². The van der Waals surface area contributed by atoms with Crippen molar-refractivity contribution in [2.45, 2.75) is 11.4 Å². The van der Waals surface area contributed by atoms with E-state index in [9.17, 15) is 10.1 Å². The topological polar surface area (TPSA) is 68.1 Å². The van der Waals surface area contributed by atoms with Crippen LogP contribution in [0, 0.1) is 16.0 Å². The Morgan fingerprint density at radius 3 is 2.94 bits per heavy atom. The van der Waals surface area contributed by atoms with Crippen LogP contribution in [-0.4, -0.2) is 28.7 Å². The van der Waals surface area contributed by atoms with E-state index < -0.39 is 4.92 Å². The summed E-state index contributed by atoms with van der Waals surface area (Å²) in [4.78, 5) is 14.1. The summed E-state index contributed by atoms with van der Waals surface area (Å²) in [6.45, 7) is 2.17. The predicted octanol–water partition coefficient (Wildman–Crippen LogP) is 2.11. The molecule has 1 aromatic rings. The quantitative estimate of drug-likeness (QED) is 0.518. The van der Waals surface area contributed by atoms with E-state index in [4.69, 9.17) is 0 Å². The van der Waals surface area contributed by atoms with E-state index in [1.807, 2.05) is 0 Å². The maximum Gasteiger partial charge on any atom is 0.287 e. The van der Waals surface area contributed by atoms with Gasteiger partial charge in [-0.05, 0) is 31.5 Å². The van der Waals surface area contributed by atoms with Crippen molar-refractivity contribution in [3.63, 3.8) is 0 Å². The first-order valence-electron chi connectivity index (χ1n) is 5.19. The molecular formula is C10H14ClN3O2S. The summed E-state index contributed by atoms with van der Waals surface area (Å²) in [6.07, 6.45) is 2.52. The smallest absolute Gasteiger partial charge is 0.287 e. The molecule has 1 unspecified atom stereocenters. The van der Waals surface area contributed by atoms with Crippen LogP contribution in [0.4, 0.5) is 5.69 Å². The van der Waals surface area contributed by atoms with Crippen molar-refractivity contribution in [1.29, 1.82) is 0 Å². The molecule has 17 heavy (non-hydrogen) atoms. The summed E-state index contributed by atoms with van der Waals surface area (Å²) in [5.41, 5.74) is 0.0480. The highest BCUT2D eigenvalue weighted by Gasteiger charge is 2.15. The Labute approximate surface area is 110 Å². The fourth-order valence-electron chi connectivity index (χ4n) is 1.63. The third kappa shape index (κ3) is 4.14. The Bertz CT molecular complexity index is 368. The van der Waals surface area contributed by atoms with Crippen molar-refractivity contribution < 1.29 is 4.92 Å². The summed E-state index contributed by atoms with van der Waals surface area (Å²) >= 11 is 1.66. The van der Waals surface area contributed by atoms with Gasteiger partial charge in [0.1, 0.15) is 6.20 Å². The molecule has 1 N–H and O–H groups in total. The van der Waals surface area contributed by atoms with E-state index in [-0.39, 0.29) is 18.1 Å². The molecule has 0 spiro atoms. The lowest BCUT2D eigenvalue weighted by Crippen LogP contribution is -2.10. The molecule has 5 nitrogen and oxygen atoms in total. The van der Waals surface area contributed by atoms with Gasteiger partial charge in [-0.2, -0.15) is 0 Å². The summed E-state index contributed by atoms with van der Waals surface area (Å²) in [6, 6.07) is 3.22. The number of nitrogens with zero attached hydrogens (tertiary/aromatic N) is 2. The Hall–Kier alpha value is -0.850. The monoisotopic (exact) mass is 275 g/mol. The molecular weight excluding hydrogens is 262 g/mol. The molecule has 1 saturated heterocycles. The highest BCUT2D eigenvalue weighted by atomic mass is 35.5. The van der Waals surface area contributed by atoms with Crippen LogP contribution in [0.5, 0.6) is 0 Å². The first-order valence-corrected chi connectivity index (χ1v) is 6.18. The summed E-state index contributed by atoms with van der Waals surface area (Å²) in [5.74, 6) is 1.72. The van der Waals surface area contributed by atoms with Crippen LogP contribution >= 0.6 is 24.2 Å². The number of nitro groups is 1. The minimum Gasteiger partial charge on any atom is -0.316 e. The molecule has 2 heterocycles. The highest BCUT2D eigenvalue weighted by Crippen LogP contribution is 2.22. The largest absolute Gasteiger partial charge is 0.316 e. The van der Waals surface area contributed by atoms with Gasteiger partial charge < -0.3 is 5.32 Å². The van der Waals surface area contributed by atoms with Gasteiger partial charge in [0.2, 0.25) is 0 Å². The zero-order valence-electron chi connectivity index (χ0n) is 9.17. The second-order valence-electron chi connectivity index (χ2n) is 3.78. The molecule has 0 aromatic carbocycles. The molecule has 0 aliphatic carbocycles. The molecule has 7 heteroatoms. The van der Waals surface area contributed by atoms with Crippen molar-refractivity contribution in [2.75, 3.05) is 18.8 Å². The fourth-order valence-corrected chi connectivity index (χ4v) is 2.61. The number of thioether (sulfide) groups is 1. The van der Waals surface area contributed by atoms with Gasteiger partial charge in [-0.15, -0.1) is 24.2 Å². The van der Waals surface area contributed by atoms with E-state index in [0.717, 1.165) is 23.9 Å². The molecule has 94 valence electrons. The Balaban J connectivity index is 0.00000144. The van der Waals surface area contributed by atoms with Gasteiger partial charge in [-0.1, -0.05) is 0 Å². The minimum absolute atomic E-state index is 0. The lowest BCUT2D eigenvalue weighted by molar-refractivity contribution is -0.385. The second kappa shape index (κ2) is 6.78. The Morgan fingerprint density at radius 2 is 2.41 bits per heavy atom. The van der Waals surface area contributed by atoms with Gasteiger partial charge in [0.15, 0.2) is 0 Å². The maximum atomic E-state index is 10.4. The number of hydrogen-bond acceptors (Lipinski definition) is 5. The van der Waals surface area contributed by atoms with Gasteiger partial charge in [0, 0.05) is 11.8 Å². The van der Waals surface area contributed by atoms with E-state index in [0.29, 0.717) is 5.92 Å². The number of nitrogens with one attached hydrogen (secondary N) is 1. The summed E-state index contributed by atoms with van der Waals surface area (Å²) < 4.78 is 0. The highest BCUT2D eigenvalue weighted by molar-refractivity contribution is 7.99. The van der Waals surface area contributed by atoms with Crippen LogP contribution in [-0.2, 0) is 0 Å².